The van der Waals surface area contributed by atoms with Crippen molar-refractivity contribution in [3.05, 3.63) is 218 Å². The van der Waals surface area contributed by atoms with E-state index in [2.05, 4.69) is 228 Å². The first-order valence-corrected chi connectivity index (χ1v) is 20.0. The lowest BCUT2D eigenvalue weighted by Gasteiger charge is -2.12. The van der Waals surface area contributed by atoms with E-state index in [-0.39, 0.29) is 0 Å². The Balaban J connectivity index is 1.05. The third kappa shape index (κ3) is 5.19. The maximum atomic E-state index is 2.45. The topological polar surface area (TPSA) is 9.86 Å². The molecular formula is C56H36N2. The van der Waals surface area contributed by atoms with Gasteiger partial charge in [0.2, 0.25) is 0 Å². The Morgan fingerprint density at radius 1 is 0.207 bits per heavy atom. The maximum absolute atomic E-state index is 2.45. The lowest BCUT2D eigenvalue weighted by atomic mass is 9.98. The highest BCUT2D eigenvalue weighted by molar-refractivity contribution is 6.13. The molecule has 0 saturated heterocycles. The molecule has 0 bridgehead atoms. The van der Waals surface area contributed by atoms with Gasteiger partial charge in [-0.05, 0) is 128 Å². The Labute approximate surface area is 336 Å². The Kier molecular flexibility index (Phi) is 7.26. The summed E-state index contributed by atoms with van der Waals surface area (Å²) in [6, 6.07) is 80.2. The molecule has 0 amide bonds. The Hall–Kier alpha value is -7.68. The fourth-order valence-corrected chi connectivity index (χ4v) is 9.23. The summed E-state index contributed by atoms with van der Waals surface area (Å²) in [6.07, 6.45) is 0. The van der Waals surface area contributed by atoms with Crippen LogP contribution in [0.5, 0.6) is 0 Å². The quantitative estimate of drug-likeness (QED) is 0.167. The van der Waals surface area contributed by atoms with Crippen molar-refractivity contribution < 1.29 is 0 Å². The molecule has 0 saturated carbocycles. The zero-order valence-electron chi connectivity index (χ0n) is 31.7. The number of para-hydroxylation sites is 2. The van der Waals surface area contributed by atoms with Crippen molar-refractivity contribution in [2.75, 3.05) is 0 Å². The van der Waals surface area contributed by atoms with Crippen LogP contribution in [0.1, 0.15) is 0 Å². The number of hydrogen-bond acceptors (Lipinski definition) is 0. The summed E-state index contributed by atoms with van der Waals surface area (Å²) in [5.74, 6) is 0. The first-order valence-electron chi connectivity index (χ1n) is 20.0. The SMILES string of the molecule is c1ccc(-n2c3ccccc3c3ccc(-c4cccc(-n5c6ccc(-c7ccc8ccccc8c7)cc6c6cc(-c7ccc8ccccc8c7)ccc65)c4)cc32)cc1. The van der Waals surface area contributed by atoms with Crippen LogP contribution in [-0.4, -0.2) is 9.13 Å². The highest BCUT2D eigenvalue weighted by Gasteiger charge is 2.17. The molecule has 2 aromatic heterocycles. The molecule has 0 radical (unpaired) electrons. The molecule has 12 aromatic rings. The fraction of sp³-hybridized carbons (Fsp3) is 0. The molecule has 2 heterocycles. The van der Waals surface area contributed by atoms with Gasteiger partial charge in [0, 0.05) is 32.9 Å². The van der Waals surface area contributed by atoms with E-state index in [1.54, 1.807) is 0 Å². The van der Waals surface area contributed by atoms with Crippen LogP contribution < -0.4 is 0 Å². The molecular weight excluding hydrogens is 701 g/mol. The zero-order chi connectivity index (χ0) is 38.2. The Morgan fingerprint density at radius 3 is 1.33 bits per heavy atom. The van der Waals surface area contributed by atoms with Gasteiger partial charge in [-0.3, -0.25) is 0 Å². The van der Waals surface area contributed by atoms with Crippen LogP contribution in [0.4, 0.5) is 0 Å². The van der Waals surface area contributed by atoms with Gasteiger partial charge in [0.05, 0.1) is 22.1 Å². The molecule has 0 aliphatic rings. The van der Waals surface area contributed by atoms with Gasteiger partial charge >= 0.3 is 0 Å². The largest absolute Gasteiger partial charge is 0.309 e. The number of nitrogens with zero attached hydrogens (tertiary/aromatic N) is 2. The summed E-state index contributed by atoms with van der Waals surface area (Å²) < 4.78 is 4.84. The van der Waals surface area contributed by atoms with Gasteiger partial charge < -0.3 is 9.13 Å². The van der Waals surface area contributed by atoms with Crippen LogP contribution >= 0.6 is 0 Å². The van der Waals surface area contributed by atoms with E-state index in [9.17, 15) is 0 Å². The number of rotatable bonds is 5. The first kappa shape index (κ1) is 32.6. The molecule has 2 heteroatoms. The van der Waals surface area contributed by atoms with E-state index in [1.165, 1.54) is 98.5 Å². The second kappa shape index (κ2) is 12.9. The Morgan fingerprint density at radius 2 is 0.655 bits per heavy atom. The Bertz CT molecular complexity index is 3430. The monoisotopic (exact) mass is 736 g/mol. The fourth-order valence-electron chi connectivity index (χ4n) is 9.23. The first-order chi connectivity index (χ1) is 28.7. The molecule has 0 N–H and O–H groups in total. The molecule has 270 valence electrons. The van der Waals surface area contributed by atoms with Gasteiger partial charge in [0.1, 0.15) is 0 Å². The molecule has 0 spiro atoms. The zero-order valence-corrected chi connectivity index (χ0v) is 31.7. The molecule has 10 aromatic carbocycles. The van der Waals surface area contributed by atoms with E-state index in [0.29, 0.717) is 0 Å². The molecule has 0 unspecified atom stereocenters. The molecule has 0 fully saturated rings. The minimum atomic E-state index is 1.14. The van der Waals surface area contributed by atoms with Gasteiger partial charge in [-0.1, -0.05) is 146 Å². The maximum Gasteiger partial charge on any atom is 0.0547 e. The second-order valence-electron chi connectivity index (χ2n) is 15.4. The molecule has 0 aliphatic heterocycles. The van der Waals surface area contributed by atoms with Gasteiger partial charge in [0.25, 0.3) is 0 Å². The van der Waals surface area contributed by atoms with E-state index < -0.39 is 0 Å². The van der Waals surface area contributed by atoms with Crippen molar-refractivity contribution in [1.82, 2.24) is 9.13 Å². The molecule has 0 atom stereocenters. The lowest BCUT2D eigenvalue weighted by Crippen LogP contribution is -1.95. The van der Waals surface area contributed by atoms with E-state index >= 15 is 0 Å². The molecule has 0 aliphatic carbocycles. The van der Waals surface area contributed by atoms with Crippen molar-refractivity contribution in [3.63, 3.8) is 0 Å². The van der Waals surface area contributed by atoms with Crippen molar-refractivity contribution in [2.45, 2.75) is 0 Å². The third-order valence-electron chi connectivity index (χ3n) is 12.1. The van der Waals surface area contributed by atoms with Gasteiger partial charge in [0.15, 0.2) is 0 Å². The van der Waals surface area contributed by atoms with Crippen LogP contribution in [0.25, 0.3) is 110 Å². The number of benzene rings is 10. The highest BCUT2D eigenvalue weighted by atomic mass is 15.0. The van der Waals surface area contributed by atoms with E-state index in [4.69, 9.17) is 0 Å². The summed E-state index contributed by atoms with van der Waals surface area (Å²) >= 11 is 0. The summed E-state index contributed by atoms with van der Waals surface area (Å²) in [7, 11) is 0. The molecule has 2 nitrogen and oxygen atoms in total. The van der Waals surface area contributed by atoms with Gasteiger partial charge in [-0.25, -0.2) is 0 Å². The van der Waals surface area contributed by atoms with Crippen LogP contribution in [0, 0.1) is 0 Å². The summed E-state index contributed by atoms with van der Waals surface area (Å²) in [6.45, 7) is 0. The van der Waals surface area contributed by atoms with Crippen molar-refractivity contribution in [2.24, 2.45) is 0 Å². The molecule has 58 heavy (non-hydrogen) atoms. The number of aromatic nitrogens is 2. The standard InChI is InChI=1S/C56H36N2/c1-2-16-47(17-3-1)57-53-20-9-8-19-49(53)50-28-25-46(36-56(50)57)41-15-10-18-48(33-41)58-54-29-26-44(42-23-21-37-11-4-6-13-39(37)31-42)34-51(54)52-35-45(27-30-55(52)58)43-24-22-38-12-5-7-14-40(38)32-43/h1-36H. The highest BCUT2D eigenvalue weighted by Crippen LogP contribution is 2.40. The van der Waals surface area contributed by atoms with Gasteiger partial charge in [-0.15, -0.1) is 0 Å². The van der Waals surface area contributed by atoms with Gasteiger partial charge in [-0.2, -0.15) is 0 Å². The van der Waals surface area contributed by atoms with Crippen molar-refractivity contribution >= 4 is 65.2 Å². The van der Waals surface area contributed by atoms with E-state index in [0.717, 1.165) is 11.4 Å². The molecule has 12 rings (SSSR count). The van der Waals surface area contributed by atoms with Crippen molar-refractivity contribution in [3.8, 4) is 44.8 Å². The lowest BCUT2D eigenvalue weighted by molar-refractivity contribution is 1.18. The summed E-state index contributed by atoms with van der Waals surface area (Å²) in [4.78, 5) is 0. The van der Waals surface area contributed by atoms with Crippen molar-refractivity contribution in [1.29, 1.82) is 0 Å². The van der Waals surface area contributed by atoms with Crippen LogP contribution in [-0.2, 0) is 0 Å². The third-order valence-corrected chi connectivity index (χ3v) is 12.1. The normalized spacial score (nSPS) is 11.8. The summed E-state index contributed by atoms with van der Waals surface area (Å²) in [5, 5.41) is 10.0. The minimum absolute atomic E-state index is 1.14. The number of fused-ring (bicyclic) bond motifs is 8. The predicted octanol–water partition coefficient (Wildman–Crippen LogP) is 15.2. The van der Waals surface area contributed by atoms with E-state index in [1.807, 2.05) is 0 Å². The average molecular weight is 737 g/mol. The van der Waals surface area contributed by atoms with Crippen LogP contribution in [0.3, 0.4) is 0 Å². The minimum Gasteiger partial charge on any atom is -0.309 e. The van der Waals surface area contributed by atoms with Crippen LogP contribution in [0.15, 0.2) is 218 Å². The smallest absolute Gasteiger partial charge is 0.0547 e. The van der Waals surface area contributed by atoms with Crippen LogP contribution in [0.2, 0.25) is 0 Å². The number of hydrogen-bond donors (Lipinski definition) is 0. The average Bonchev–Trinajstić information content (AvgIpc) is 3.80. The predicted molar refractivity (Wildman–Crippen MR) is 246 cm³/mol. The second-order valence-corrected chi connectivity index (χ2v) is 15.4. The summed E-state index contributed by atoms with van der Waals surface area (Å²) in [5.41, 5.74) is 14.3.